The second kappa shape index (κ2) is 8.06. The van der Waals surface area contributed by atoms with Gasteiger partial charge in [-0.3, -0.25) is 0 Å². The highest BCUT2D eigenvalue weighted by molar-refractivity contribution is 5.66. The lowest BCUT2D eigenvalue weighted by molar-refractivity contribution is 0.199. The van der Waals surface area contributed by atoms with Crippen LogP contribution in [0.2, 0.25) is 0 Å². The molecule has 0 saturated heterocycles. The average Bonchev–Trinajstić information content (AvgIpc) is 2.36. The highest BCUT2D eigenvalue weighted by Gasteiger charge is 2.00. The lowest BCUT2D eigenvalue weighted by Gasteiger charge is -2.08. The Morgan fingerprint density at radius 2 is 2.06 bits per heavy atom. The molecule has 0 saturated carbocycles. The third-order valence-corrected chi connectivity index (χ3v) is 3.07. The van der Waals surface area contributed by atoms with Gasteiger partial charge < -0.3 is 10.1 Å². The van der Waals surface area contributed by atoms with E-state index in [1.807, 2.05) is 0 Å². The summed E-state index contributed by atoms with van der Waals surface area (Å²) in [5.74, 6) is 0. The second-order valence-electron chi connectivity index (χ2n) is 4.74. The number of methoxy groups -OCH3 is 1. The zero-order valence-corrected chi connectivity index (χ0v) is 12.0. The molecule has 0 aromatic heterocycles. The Morgan fingerprint density at radius 1 is 1.28 bits per heavy atom. The minimum Gasteiger partial charge on any atom is -0.383 e. The van der Waals surface area contributed by atoms with Crippen LogP contribution in [0.4, 0.5) is 0 Å². The molecule has 0 aliphatic heterocycles. The van der Waals surface area contributed by atoms with Gasteiger partial charge in [-0.25, -0.2) is 0 Å². The molecule has 1 rings (SSSR count). The van der Waals surface area contributed by atoms with Gasteiger partial charge in [-0.1, -0.05) is 29.8 Å². The molecule has 0 bridgehead atoms. The van der Waals surface area contributed by atoms with Crippen molar-refractivity contribution in [1.29, 1.82) is 0 Å². The Labute approximate surface area is 111 Å². The van der Waals surface area contributed by atoms with E-state index in [0.29, 0.717) is 0 Å². The predicted octanol–water partition coefficient (Wildman–Crippen LogP) is 3.33. The highest BCUT2D eigenvalue weighted by Crippen LogP contribution is 2.20. The van der Waals surface area contributed by atoms with E-state index in [2.05, 4.69) is 50.4 Å². The first-order valence-corrected chi connectivity index (χ1v) is 6.59. The van der Waals surface area contributed by atoms with Gasteiger partial charge >= 0.3 is 0 Å². The topological polar surface area (TPSA) is 21.3 Å². The van der Waals surface area contributed by atoms with E-state index in [1.165, 1.54) is 22.3 Å². The fourth-order valence-corrected chi connectivity index (χ4v) is 1.96. The first-order valence-electron chi connectivity index (χ1n) is 6.59. The summed E-state index contributed by atoms with van der Waals surface area (Å²) in [6, 6.07) is 6.62. The quantitative estimate of drug-likeness (QED) is 0.746. The normalized spacial score (nSPS) is 11.9. The van der Waals surface area contributed by atoms with E-state index in [9.17, 15) is 0 Å². The van der Waals surface area contributed by atoms with Crippen molar-refractivity contribution >= 4 is 5.57 Å². The van der Waals surface area contributed by atoms with Crippen molar-refractivity contribution in [3.63, 3.8) is 0 Å². The standard InChI is InChI=1S/C16H25NO/c1-13-7-8-15(3)16(12-13)14(2)6-5-9-17-10-11-18-4/h6-8,12,17H,5,9-11H2,1-4H3. The number of nitrogens with one attached hydrogen (secondary N) is 1. The highest BCUT2D eigenvalue weighted by atomic mass is 16.5. The minimum absolute atomic E-state index is 0.777. The monoisotopic (exact) mass is 247 g/mol. The molecule has 2 nitrogen and oxygen atoms in total. The van der Waals surface area contributed by atoms with E-state index in [1.54, 1.807) is 7.11 Å². The largest absolute Gasteiger partial charge is 0.383 e. The molecule has 2 heteroatoms. The Kier molecular flexibility index (Phi) is 6.69. The molecule has 0 unspecified atom stereocenters. The van der Waals surface area contributed by atoms with Crippen molar-refractivity contribution in [3.05, 3.63) is 41.0 Å². The fourth-order valence-electron chi connectivity index (χ4n) is 1.96. The lowest BCUT2D eigenvalue weighted by Crippen LogP contribution is -2.19. The molecule has 18 heavy (non-hydrogen) atoms. The molecule has 1 aromatic carbocycles. The second-order valence-corrected chi connectivity index (χ2v) is 4.74. The molecule has 1 N–H and O–H groups in total. The molecular weight excluding hydrogens is 222 g/mol. The number of hydrogen-bond donors (Lipinski definition) is 1. The van der Waals surface area contributed by atoms with Crippen molar-refractivity contribution in [1.82, 2.24) is 5.32 Å². The first kappa shape index (κ1) is 14.9. The van der Waals surface area contributed by atoms with E-state index in [4.69, 9.17) is 4.74 Å². The number of ether oxygens (including phenoxy) is 1. The number of hydrogen-bond acceptors (Lipinski definition) is 2. The van der Waals surface area contributed by atoms with E-state index in [-0.39, 0.29) is 0 Å². The van der Waals surface area contributed by atoms with Gasteiger partial charge in [0.15, 0.2) is 0 Å². The van der Waals surface area contributed by atoms with E-state index >= 15 is 0 Å². The molecule has 0 aliphatic rings. The van der Waals surface area contributed by atoms with Crippen LogP contribution in [-0.2, 0) is 4.74 Å². The van der Waals surface area contributed by atoms with Crippen molar-refractivity contribution in [2.75, 3.05) is 26.8 Å². The van der Waals surface area contributed by atoms with Gasteiger partial charge in [-0.15, -0.1) is 0 Å². The van der Waals surface area contributed by atoms with Crippen LogP contribution >= 0.6 is 0 Å². The SMILES string of the molecule is COCCNCCC=C(C)c1cc(C)ccc1C. The molecule has 0 spiro atoms. The zero-order chi connectivity index (χ0) is 13.4. The minimum atomic E-state index is 0.777. The van der Waals surface area contributed by atoms with Crippen LogP contribution < -0.4 is 5.32 Å². The third kappa shape index (κ3) is 5.03. The number of allylic oxidation sites excluding steroid dienone is 1. The van der Waals surface area contributed by atoms with Gasteiger partial charge in [-0.2, -0.15) is 0 Å². The molecule has 0 amide bonds. The predicted molar refractivity (Wildman–Crippen MR) is 78.9 cm³/mol. The third-order valence-electron chi connectivity index (χ3n) is 3.07. The summed E-state index contributed by atoms with van der Waals surface area (Å²) in [6.07, 6.45) is 3.37. The molecule has 0 fully saturated rings. The van der Waals surface area contributed by atoms with E-state index in [0.717, 1.165) is 26.1 Å². The van der Waals surface area contributed by atoms with Gasteiger partial charge in [0, 0.05) is 13.7 Å². The maximum absolute atomic E-state index is 4.99. The Bertz CT molecular complexity index is 396. The first-order chi connectivity index (χ1) is 8.65. The molecule has 0 atom stereocenters. The summed E-state index contributed by atoms with van der Waals surface area (Å²) < 4.78 is 4.99. The van der Waals surface area contributed by atoms with Gasteiger partial charge in [0.05, 0.1) is 6.61 Å². The van der Waals surface area contributed by atoms with Crippen LogP contribution in [0.1, 0.15) is 30.0 Å². The molecule has 100 valence electrons. The average molecular weight is 247 g/mol. The van der Waals surface area contributed by atoms with Crippen LogP contribution in [0.15, 0.2) is 24.3 Å². The van der Waals surface area contributed by atoms with Crippen molar-refractivity contribution in [3.8, 4) is 0 Å². The van der Waals surface area contributed by atoms with Crippen molar-refractivity contribution in [2.24, 2.45) is 0 Å². The Hall–Kier alpha value is -1.12. The lowest BCUT2D eigenvalue weighted by atomic mass is 9.99. The maximum Gasteiger partial charge on any atom is 0.0587 e. The molecule has 0 aliphatic carbocycles. The van der Waals surface area contributed by atoms with Crippen LogP contribution in [0.5, 0.6) is 0 Å². The summed E-state index contributed by atoms with van der Waals surface area (Å²) in [5, 5.41) is 3.35. The summed E-state index contributed by atoms with van der Waals surface area (Å²) in [4.78, 5) is 0. The van der Waals surface area contributed by atoms with Crippen LogP contribution in [-0.4, -0.2) is 26.8 Å². The number of aryl methyl sites for hydroxylation is 2. The van der Waals surface area contributed by atoms with Crippen LogP contribution in [0.3, 0.4) is 0 Å². The summed E-state index contributed by atoms with van der Waals surface area (Å²) in [5.41, 5.74) is 5.40. The van der Waals surface area contributed by atoms with Crippen LogP contribution in [0.25, 0.3) is 5.57 Å². The van der Waals surface area contributed by atoms with Crippen LogP contribution in [0, 0.1) is 13.8 Å². The Morgan fingerprint density at radius 3 is 2.78 bits per heavy atom. The Balaban J connectivity index is 2.47. The van der Waals surface area contributed by atoms with Gasteiger partial charge in [-0.05, 0) is 50.4 Å². The molecule has 1 aromatic rings. The van der Waals surface area contributed by atoms with E-state index < -0.39 is 0 Å². The van der Waals surface area contributed by atoms with Gasteiger partial charge in [0.1, 0.15) is 0 Å². The van der Waals surface area contributed by atoms with Gasteiger partial charge in [0.25, 0.3) is 0 Å². The smallest absolute Gasteiger partial charge is 0.0587 e. The molecular formula is C16H25NO. The maximum atomic E-state index is 4.99. The fraction of sp³-hybridized carbons (Fsp3) is 0.500. The zero-order valence-electron chi connectivity index (χ0n) is 12.0. The van der Waals surface area contributed by atoms with Crippen molar-refractivity contribution < 1.29 is 4.74 Å². The van der Waals surface area contributed by atoms with Crippen molar-refractivity contribution in [2.45, 2.75) is 27.2 Å². The number of rotatable bonds is 7. The summed E-state index contributed by atoms with van der Waals surface area (Å²) in [7, 11) is 1.73. The number of benzene rings is 1. The summed E-state index contributed by atoms with van der Waals surface area (Å²) >= 11 is 0. The summed E-state index contributed by atoms with van der Waals surface area (Å²) in [6.45, 7) is 9.21. The molecule has 0 radical (unpaired) electrons. The van der Waals surface area contributed by atoms with Gasteiger partial charge in [0.2, 0.25) is 0 Å². The molecule has 0 heterocycles.